The van der Waals surface area contributed by atoms with E-state index in [1.165, 1.54) is 6.42 Å². The molecule has 3 rings (SSSR count). The summed E-state index contributed by atoms with van der Waals surface area (Å²) >= 11 is 0. The maximum atomic E-state index is 13.5. The average molecular weight is 367 g/mol. The number of amides is 1. The minimum Gasteiger partial charge on any atom is -0.497 e. The normalized spacial score (nSPS) is 17.0. The molecule has 27 heavy (non-hydrogen) atoms. The van der Waals surface area contributed by atoms with E-state index >= 15 is 0 Å². The SMILES string of the molecule is COc1ccc(C2(C(=O)N[C@H](C)c3ccccc3OC)CCCCC2)cc1. The highest BCUT2D eigenvalue weighted by Crippen LogP contribution is 2.41. The number of ether oxygens (including phenoxy) is 2. The van der Waals surface area contributed by atoms with Gasteiger partial charge in [0.1, 0.15) is 11.5 Å². The van der Waals surface area contributed by atoms with Crippen LogP contribution in [0.25, 0.3) is 0 Å². The molecule has 0 radical (unpaired) electrons. The van der Waals surface area contributed by atoms with Crippen LogP contribution in [-0.2, 0) is 10.2 Å². The molecule has 1 amide bonds. The molecule has 0 heterocycles. The zero-order chi connectivity index (χ0) is 19.3. The Labute approximate surface area is 161 Å². The summed E-state index contributed by atoms with van der Waals surface area (Å²) < 4.78 is 10.7. The third-order valence-electron chi connectivity index (χ3n) is 5.74. The van der Waals surface area contributed by atoms with Crippen molar-refractivity contribution in [3.05, 3.63) is 59.7 Å². The summed E-state index contributed by atoms with van der Waals surface area (Å²) in [4.78, 5) is 13.5. The Hall–Kier alpha value is -2.49. The largest absolute Gasteiger partial charge is 0.497 e. The van der Waals surface area contributed by atoms with E-state index in [0.29, 0.717) is 0 Å². The smallest absolute Gasteiger partial charge is 0.231 e. The second-order valence-electron chi connectivity index (χ2n) is 7.31. The number of hydrogen-bond donors (Lipinski definition) is 1. The van der Waals surface area contributed by atoms with Gasteiger partial charge in [0.2, 0.25) is 5.91 Å². The molecule has 2 aromatic rings. The highest BCUT2D eigenvalue weighted by Gasteiger charge is 2.41. The highest BCUT2D eigenvalue weighted by molar-refractivity contribution is 5.88. The van der Waals surface area contributed by atoms with Gasteiger partial charge in [-0.2, -0.15) is 0 Å². The number of hydrogen-bond acceptors (Lipinski definition) is 3. The molecule has 0 aliphatic heterocycles. The standard InChI is InChI=1S/C23H29NO3/c1-17(20-9-5-6-10-21(20)27-3)24-22(25)23(15-7-4-8-16-23)18-11-13-19(26-2)14-12-18/h5-6,9-14,17H,4,7-8,15-16H2,1-3H3,(H,24,25)/t17-/m1/s1. The minimum atomic E-state index is -0.471. The van der Waals surface area contributed by atoms with Gasteiger partial charge in [0.25, 0.3) is 0 Å². The molecule has 2 aromatic carbocycles. The summed E-state index contributed by atoms with van der Waals surface area (Å²) in [6, 6.07) is 15.7. The Balaban J connectivity index is 1.87. The number of carbonyl (C=O) groups excluding carboxylic acids is 1. The van der Waals surface area contributed by atoms with Crippen LogP contribution in [0.1, 0.15) is 56.2 Å². The van der Waals surface area contributed by atoms with E-state index in [1.54, 1.807) is 14.2 Å². The Morgan fingerprint density at radius 3 is 2.26 bits per heavy atom. The van der Waals surface area contributed by atoms with Gasteiger partial charge in [-0.15, -0.1) is 0 Å². The Morgan fingerprint density at radius 2 is 1.63 bits per heavy atom. The summed E-state index contributed by atoms with van der Waals surface area (Å²) in [5, 5.41) is 3.26. The first-order chi connectivity index (χ1) is 13.1. The van der Waals surface area contributed by atoms with Crippen molar-refractivity contribution in [2.45, 2.75) is 50.5 Å². The van der Waals surface area contributed by atoms with Crippen molar-refractivity contribution >= 4 is 5.91 Å². The summed E-state index contributed by atoms with van der Waals surface area (Å²) in [7, 11) is 3.32. The molecule has 4 nitrogen and oxygen atoms in total. The molecule has 0 bridgehead atoms. The van der Waals surface area contributed by atoms with Gasteiger partial charge in [-0.3, -0.25) is 4.79 Å². The molecular weight excluding hydrogens is 338 g/mol. The van der Waals surface area contributed by atoms with Gasteiger partial charge in [-0.25, -0.2) is 0 Å². The molecule has 1 atom stereocenters. The van der Waals surface area contributed by atoms with Crippen LogP contribution in [0.5, 0.6) is 11.5 Å². The predicted molar refractivity (Wildman–Crippen MR) is 107 cm³/mol. The number of carbonyl (C=O) groups is 1. The molecule has 0 unspecified atom stereocenters. The third-order valence-corrected chi connectivity index (χ3v) is 5.74. The Bertz CT molecular complexity index is 763. The first-order valence-corrected chi connectivity index (χ1v) is 9.69. The fourth-order valence-corrected chi connectivity index (χ4v) is 4.15. The van der Waals surface area contributed by atoms with Crippen molar-refractivity contribution in [3.8, 4) is 11.5 Å². The molecule has 0 spiro atoms. The van der Waals surface area contributed by atoms with Crippen LogP contribution >= 0.6 is 0 Å². The zero-order valence-electron chi connectivity index (χ0n) is 16.5. The number of methoxy groups -OCH3 is 2. The molecule has 1 aliphatic carbocycles. The van der Waals surface area contributed by atoms with Crippen molar-refractivity contribution in [2.75, 3.05) is 14.2 Å². The Morgan fingerprint density at radius 1 is 0.963 bits per heavy atom. The molecule has 1 N–H and O–H groups in total. The van der Waals surface area contributed by atoms with Crippen LogP contribution in [0.2, 0.25) is 0 Å². The molecule has 1 saturated carbocycles. The molecule has 144 valence electrons. The van der Waals surface area contributed by atoms with E-state index in [0.717, 1.165) is 48.3 Å². The van der Waals surface area contributed by atoms with E-state index in [4.69, 9.17) is 9.47 Å². The van der Waals surface area contributed by atoms with Gasteiger partial charge in [0.05, 0.1) is 25.7 Å². The minimum absolute atomic E-state index is 0.103. The molecule has 0 aromatic heterocycles. The van der Waals surface area contributed by atoms with Gasteiger partial charge >= 0.3 is 0 Å². The number of benzene rings is 2. The fraction of sp³-hybridized carbons (Fsp3) is 0.435. The summed E-state index contributed by atoms with van der Waals surface area (Å²) in [5.41, 5.74) is 1.60. The van der Waals surface area contributed by atoms with Crippen LogP contribution in [0, 0.1) is 0 Å². The highest BCUT2D eigenvalue weighted by atomic mass is 16.5. The molecular formula is C23H29NO3. The lowest BCUT2D eigenvalue weighted by atomic mass is 9.68. The van der Waals surface area contributed by atoms with E-state index in [2.05, 4.69) is 5.32 Å². The van der Waals surface area contributed by atoms with Gasteiger partial charge < -0.3 is 14.8 Å². The maximum absolute atomic E-state index is 13.5. The van der Waals surface area contributed by atoms with Gasteiger partial charge in [-0.05, 0) is 43.5 Å². The van der Waals surface area contributed by atoms with Crippen LogP contribution in [0.4, 0.5) is 0 Å². The lowest BCUT2D eigenvalue weighted by molar-refractivity contribution is -0.128. The average Bonchev–Trinajstić information content (AvgIpc) is 2.74. The van der Waals surface area contributed by atoms with Crippen LogP contribution < -0.4 is 14.8 Å². The second kappa shape index (κ2) is 8.47. The van der Waals surface area contributed by atoms with E-state index in [1.807, 2.05) is 55.5 Å². The molecule has 1 fully saturated rings. The van der Waals surface area contributed by atoms with Crippen LogP contribution in [0.15, 0.2) is 48.5 Å². The summed E-state index contributed by atoms with van der Waals surface area (Å²) in [5.74, 6) is 1.71. The zero-order valence-corrected chi connectivity index (χ0v) is 16.5. The van der Waals surface area contributed by atoms with Crippen LogP contribution in [0.3, 0.4) is 0 Å². The van der Waals surface area contributed by atoms with Crippen molar-refractivity contribution in [1.82, 2.24) is 5.32 Å². The molecule has 0 saturated heterocycles. The van der Waals surface area contributed by atoms with Gasteiger partial charge in [0.15, 0.2) is 0 Å². The Kier molecular flexibility index (Phi) is 6.04. The summed E-state index contributed by atoms with van der Waals surface area (Å²) in [6.07, 6.45) is 5.09. The quantitative estimate of drug-likeness (QED) is 0.799. The van der Waals surface area contributed by atoms with E-state index in [9.17, 15) is 4.79 Å². The maximum Gasteiger partial charge on any atom is 0.231 e. The summed E-state index contributed by atoms with van der Waals surface area (Å²) in [6.45, 7) is 2.01. The number of nitrogens with one attached hydrogen (secondary N) is 1. The topological polar surface area (TPSA) is 47.6 Å². The number of rotatable bonds is 6. The van der Waals surface area contributed by atoms with E-state index < -0.39 is 5.41 Å². The first-order valence-electron chi connectivity index (χ1n) is 9.69. The van der Waals surface area contributed by atoms with Crippen molar-refractivity contribution in [2.24, 2.45) is 0 Å². The van der Waals surface area contributed by atoms with E-state index in [-0.39, 0.29) is 11.9 Å². The predicted octanol–water partition coefficient (Wildman–Crippen LogP) is 4.78. The monoisotopic (exact) mass is 367 g/mol. The third kappa shape index (κ3) is 3.95. The fourth-order valence-electron chi connectivity index (χ4n) is 4.15. The van der Waals surface area contributed by atoms with Crippen LogP contribution in [-0.4, -0.2) is 20.1 Å². The van der Waals surface area contributed by atoms with Crippen molar-refractivity contribution in [3.63, 3.8) is 0 Å². The molecule has 1 aliphatic rings. The van der Waals surface area contributed by atoms with Gasteiger partial charge in [0, 0.05) is 5.56 Å². The lowest BCUT2D eigenvalue weighted by Crippen LogP contribution is -2.46. The van der Waals surface area contributed by atoms with Gasteiger partial charge in [-0.1, -0.05) is 49.6 Å². The second-order valence-corrected chi connectivity index (χ2v) is 7.31. The first kappa shape index (κ1) is 19.3. The molecule has 4 heteroatoms. The van der Waals surface area contributed by atoms with Crippen molar-refractivity contribution in [1.29, 1.82) is 0 Å². The van der Waals surface area contributed by atoms with Crippen molar-refractivity contribution < 1.29 is 14.3 Å². The lowest BCUT2D eigenvalue weighted by Gasteiger charge is -2.37. The number of para-hydroxylation sites is 1.